The van der Waals surface area contributed by atoms with Gasteiger partial charge >= 0.3 is 6.97 Å². The van der Waals surface area contributed by atoms with Crippen molar-refractivity contribution in [1.82, 2.24) is 4.48 Å². The molecule has 600 valence electrons. The molecule has 0 unspecified atom stereocenters. The zero-order valence-corrected chi connectivity index (χ0v) is 67.8. The van der Waals surface area contributed by atoms with E-state index in [2.05, 4.69) is 47.8 Å². The lowest BCUT2D eigenvalue weighted by Crippen LogP contribution is -2.51. The Morgan fingerprint density at radius 1 is 0.364 bits per heavy atom. The van der Waals surface area contributed by atoms with Gasteiger partial charge in [-0.05, 0) is 117 Å². The summed E-state index contributed by atoms with van der Waals surface area (Å²) in [5, 5.41) is 0. The maximum absolute atomic E-state index is 19.0. The van der Waals surface area contributed by atoms with Gasteiger partial charge in [-0.25, -0.2) is 0 Å². The Bertz CT molecular complexity index is 3240. The summed E-state index contributed by atoms with van der Waals surface area (Å²) >= 11 is 11.3. The van der Waals surface area contributed by atoms with Crippen molar-refractivity contribution in [2.24, 2.45) is 0 Å². The number of halogens is 5. The van der Waals surface area contributed by atoms with Gasteiger partial charge < -0.3 is 131 Å². The fraction of sp³-hybridized carbons (Fsp3) is 0.587. The average Bonchev–Trinajstić information content (AvgIpc) is 1.54. The number of aromatic nitrogens is 1. The second kappa shape index (κ2) is 54.6. The van der Waals surface area contributed by atoms with E-state index in [9.17, 15) is 0 Å². The number of benzene rings is 3. The van der Waals surface area contributed by atoms with Crippen LogP contribution in [0.4, 0.5) is 8.63 Å². The second-order valence-electron chi connectivity index (χ2n) is 23.3. The highest BCUT2D eigenvalue weighted by molar-refractivity contribution is 9.12. The maximum atomic E-state index is 19.0. The third-order valence-electron chi connectivity index (χ3n) is 15.7. The largest absolute Gasteiger partial charge is 0.737 e. The number of hydrogen-bond donors (Lipinski definition) is 0. The van der Waals surface area contributed by atoms with Crippen LogP contribution in [0.25, 0.3) is 23.8 Å². The first-order valence-electron chi connectivity index (χ1n) is 35.7. The standard InChI is InChI=1S/C75H108BBr3F2N2O24/c1-57-70(78)63(15-9-59-53-65(102-47-41-96-35-29-90-23-17-84-3)74(106-51-45-100-39-33-94-27-21-88-7)66(54-59)103-48-42-97-36-30-91-24-18-85-4)82-72(57)69(61-11-13-62(77)14-12-61)73-58(2)71(79)64(83(73)76(82,80)81)16-10-60-55-67(104-49-43-98-37-31-92-25-19-86-5)75(107-52-46-101-40-34-95-28-22-89-8)68(56-60)105-50-44-99-38-32-93-26-20-87-6/h9-16,53-56H,17-52H2,1-8H3/b15-9+,16-10+. The van der Waals surface area contributed by atoms with Crippen LogP contribution < -0.4 is 28.4 Å². The minimum absolute atomic E-state index is 0.103. The van der Waals surface area contributed by atoms with Gasteiger partial charge in [0.2, 0.25) is 11.5 Å². The Balaban J connectivity index is 1.44. The van der Waals surface area contributed by atoms with Crippen LogP contribution in [-0.2, 0) is 85.3 Å². The molecule has 0 N–H and O–H groups in total. The van der Waals surface area contributed by atoms with Crippen molar-refractivity contribution in [2.45, 2.75) is 13.8 Å². The van der Waals surface area contributed by atoms with Crippen molar-refractivity contribution in [1.29, 1.82) is 0 Å². The SMILES string of the molecule is COCCOCCOCCOc1cc(/C=C/C2=[N+]3C(=C(c4ccc(Br)cc4)c4c(C)c(Br)c(/C=C/c5cc(OCCOCCOCCOC)c(OCCOCCOCCOC)c(OCCOCCOCCOC)c5)n4[B-]3(F)F)C(C)=C2Br)cc(OCCOCCOCCOC)c1OCCOCCOCCOC. The molecule has 107 heavy (non-hydrogen) atoms. The van der Waals surface area contributed by atoms with E-state index in [-0.39, 0.29) is 102 Å². The van der Waals surface area contributed by atoms with E-state index in [4.69, 9.17) is 114 Å². The van der Waals surface area contributed by atoms with E-state index in [1.54, 1.807) is 91.2 Å². The van der Waals surface area contributed by atoms with Crippen LogP contribution in [0.2, 0.25) is 0 Å². The summed E-state index contributed by atoms with van der Waals surface area (Å²) in [6.07, 6.45) is 6.79. The molecule has 0 spiro atoms. The van der Waals surface area contributed by atoms with Gasteiger partial charge in [0, 0.05) is 74.6 Å². The summed E-state index contributed by atoms with van der Waals surface area (Å²) in [4.78, 5) is 0. The van der Waals surface area contributed by atoms with Crippen molar-refractivity contribution >= 4 is 84.3 Å². The molecule has 0 saturated heterocycles. The summed E-state index contributed by atoms with van der Waals surface area (Å²) in [6.45, 7) is 10.2. The van der Waals surface area contributed by atoms with Crippen LogP contribution in [0, 0.1) is 6.92 Å². The van der Waals surface area contributed by atoms with E-state index in [0.717, 1.165) is 13.4 Å². The average molecular weight is 1710 g/mol. The molecule has 2 aliphatic heterocycles. The molecule has 0 atom stereocenters. The molecule has 0 saturated carbocycles. The van der Waals surface area contributed by atoms with Gasteiger partial charge in [0.1, 0.15) is 39.6 Å². The van der Waals surface area contributed by atoms with Gasteiger partial charge in [0.05, 0.1) is 208 Å². The highest BCUT2D eigenvalue weighted by Crippen LogP contribution is 2.50. The van der Waals surface area contributed by atoms with Gasteiger partial charge in [-0.1, -0.05) is 34.1 Å². The molecular weight excluding hydrogens is 1600 g/mol. The Kier molecular flexibility index (Phi) is 46.4. The Labute approximate surface area is 653 Å². The van der Waals surface area contributed by atoms with Crippen LogP contribution >= 0.6 is 47.8 Å². The molecule has 0 aliphatic carbocycles. The van der Waals surface area contributed by atoms with Gasteiger partial charge in [-0.2, -0.15) is 0 Å². The first-order chi connectivity index (χ1) is 52.4. The van der Waals surface area contributed by atoms with Gasteiger partial charge in [0.25, 0.3) is 0 Å². The number of fused-ring (bicyclic) bond motifs is 2. The normalized spacial score (nSPS) is 13.5. The monoisotopic (exact) mass is 1710 g/mol. The zero-order chi connectivity index (χ0) is 76.5. The predicted octanol–water partition coefficient (Wildman–Crippen LogP) is 10.7. The van der Waals surface area contributed by atoms with Crippen LogP contribution in [-0.4, -0.2) is 302 Å². The van der Waals surface area contributed by atoms with Crippen LogP contribution in [0.1, 0.15) is 40.6 Å². The molecule has 0 fully saturated rings. The van der Waals surface area contributed by atoms with Gasteiger partial charge in [-0.3, -0.25) is 0 Å². The molecule has 26 nitrogen and oxygen atoms in total. The van der Waals surface area contributed by atoms with Crippen molar-refractivity contribution < 1.29 is 127 Å². The summed E-state index contributed by atoms with van der Waals surface area (Å²) in [6, 6.07) is 14.7. The fourth-order valence-electron chi connectivity index (χ4n) is 10.6. The molecule has 0 radical (unpaired) electrons. The van der Waals surface area contributed by atoms with E-state index < -0.39 is 6.97 Å². The van der Waals surface area contributed by atoms with E-state index in [1.807, 2.05) is 38.1 Å². The van der Waals surface area contributed by atoms with Crippen molar-refractivity contribution in [3.05, 3.63) is 113 Å². The quantitative estimate of drug-likeness (QED) is 0.0295. The molecule has 6 rings (SSSR count). The molecule has 0 amide bonds. The summed E-state index contributed by atoms with van der Waals surface area (Å²) < 4.78 is 180. The molecule has 3 heterocycles. The number of allylic oxidation sites excluding steroid dienone is 3. The summed E-state index contributed by atoms with van der Waals surface area (Å²) in [5.74, 6) is 1.77. The van der Waals surface area contributed by atoms with E-state index in [1.165, 1.54) is 0 Å². The highest BCUT2D eigenvalue weighted by Gasteiger charge is 2.57. The van der Waals surface area contributed by atoms with Crippen LogP contribution in [0.5, 0.6) is 34.5 Å². The number of ether oxygens (including phenoxy) is 24. The Hall–Kier alpha value is -4.99. The molecule has 1 aromatic heterocycles. The summed E-state index contributed by atoms with van der Waals surface area (Å²) in [5.41, 5.74) is 4.50. The Morgan fingerprint density at radius 3 is 0.953 bits per heavy atom. The number of methoxy groups -OCH3 is 6. The third kappa shape index (κ3) is 31.6. The lowest BCUT2D eigenvalue weighted by Gasteiger charge is -2.34. The highest BCUT2D eigenvalue weighted by atomic mass is 79.9. The first-order valence-corrected chi connectivity index (χ1v) is 38.1. The second-order valence-corrected chi connectivity index (χ2v) is 25.8. The molecule has 0 bridgehead atoms. The molecular formula is C75H108BBr3F2N2O24. The van der Waals surface area contributed by atoms with Gasteiger partial charge in [0.15, 0.2) is 34.4 Å². The van der Waals surface area contributed by atoms with Crippen LogP contribution in [0.3, 0.4) is 0 Å². The number of nitrogens with zero attached hydrogens (tertiary/aromatic N) is 2. The van der Waals surface area contributed by atoms with Crippen molar-refractivity contribution in [2.75, 3.05) is 281 Å². The van der Waals surface area contributed by atoms with E-state index in [0.29, 0.717) is 235 Å². The molecule has 4 aromatic rings. The topological polar surface area (TPSA) is 229 Å². The Morgan fingerprint density at radius 2 is 0.645 bits per heavy atom. The maximum Gasteiger partial charge on any atom is 0.737 e. The lowest BCUT2D eigenvalue weighted by molar-refractivity contribution is -0.362. The molecule has 32 heteroatoms. The van der Waals surface area contributed by atoms with Crippen molar-refractivity contribution in [3.8, 4) is 34.5 Å². The van der Waals surface area contributed by atoms with Crippen LogP contribution in [0.15, 0.2) is 79.3 Å². The molecule has 2 aliphatic rings. The summed E-state index contributed by atoms with van der Waals surface area (Å²) in [7, 11) is 9.66. The first kappa shape index (κ1) is 90.9. The minimum atomic E-state index is -4.76. The van der Waals surface area contributed by atoms with E-state index >= 15 is 8.63 Å². The number of hydrogen-bond acceptors (Lipinski definition) is 24. The lowest BCUT2D eigenvalue weighted by atomic mass is 9.83. The molecule has 3 aromatic carbocycles. The third-order valence-corrected chi connectivity index (χ3v) is 18.2. The fourth-order valence-corrected chi connectivity index (χ4v) is 11.9. The predicted molar refractivity (Wildman–Crippen MR) is 412 cm³/mol. The van der Waals surface area contributed by atoms with Crippen molar-refractivity contribution in [3.63, 3.8) is 0 Å². The minimum Gasteiger partial charge on any atom is -0.487 e. The number of rotatable bonds is 65. The van der Waals surface area contributed by atoms with Gasteiger partial charge in [-0.15, -0.1) is 0 Å². The zero-order valence-electron chi connectivity index (χ0n) is 63.0. The smallest absolute Gasteiger partial charge is 0.487 e.